The van der Waals surface area contributed by atoms with Crippen LogP contribution in [0.2, 0.25) is 0 Å². The molecule has 81 heavy (non-hydrogen) atoms. The zero-order chi connectivity index (χ0) is 81.0. The van der Waals surface area contributed by atoms with Crippen molar-refractivity contribution in [1.82, 2.24) is 14.1 Å². The summed E-state index contributed by atoms with van der Waals surface area (Å²) in [6, 6.07) is 6.64. The van der Waals surface area contributed by atoms with E-state index in [1.807, 2.05) is 47.0 Å². The van der Waals surface area contributed by atoms with Gasteiger partial charge in [0.2, 0.25) is 0 Å². The minimum absolute atomic E-state index is 0. The minimum atomic E-state index is -6.72. The number of ether oxygens (including phenoxy) is 1. The Morgan fingerprint density at radius 3 is 1.86 bits per heavy atom. The average Bonchev–Trinajstić information content (AvgIpc) is 1.02. The molecule has 5 nitrogen and oxygen atoms in total. The first kappa shape index (κ1) is 27.7. The quantitative estimate of drug-likeness (QED) is 0.0658. The van der Waals surface area contributed by atoms with E-state index in [9.17, 15) is 38.4 Å². The van der Waals surface area contributed by atoms with E-state index in [0.29, 0.717) is 11.3 Å². The van der Waals surface area contributed by atoms with E-state index in [1.54, 1.807) is 24.4 Å². The molecular weight excluding hydrogens is 1180 g/mol. The zero-order valence-corrected chi connectivity index (χ0v) is 46.3. The zero-order valence-electron chi connectivity index (χ0n) is 74.0. The van der Waals surface area contributed by atoms with E-state index in [2.05, 4.69) is 32.9 Å². The summed E-state index contributed by atoms with van der Waals surface area (Å²) in [5, 5.41) is -3.26. The van der Waals surface area contributed by atoms with E-state index in [0.717, 1.165) is 44.6 Å². The van der Waals surface area contributed by atoms with Crippen LogP contribution in [-0.4, -0.2) is 22.2 Å². The third-order valence-electron chi connectivity index (χ3n) is 14.3. The van der Waals surface area contributed by atoms with Crippen LogP contribution in [0.3, 0.4) is 0 Å². The molecule has 0 radical (unpaired) electrons. The van der Waals surface area contributed by atoms with Crippen molar-refractivity contribution in [2.24, 2.45) is 0 Å². The number of hydrogen-bond acceptors (Lipinski definition) is 2. The monoisotopic (exact) mass is 1270 g/mol. The summed E-state index contributed by atoms with van der Waals surface area (Å²) >= 11 is 0. The van der Waals surface area contributed by atoms with Gasteiger partial charge in [0.05, 0.1) is 30.2 Å². The molecule has 0 unspecified atom stereocenters. The number of hydrogen-bond donors (Lipinski definition) is 0. The predicted molar refractivity (Wildman–Crippen MR) is 332 cm³/mol. The molecule has 0 atom stereocenters. The van der Waals surface area contributed by atoms with Crippen molar-refractivity contribution in [3.05, 3.63) is 272 Å². The fraction of sp³-hybridized carbons (Fsp3) is 0.108. The molecule has 1 aliphatic rings. The van der Waals surface area contributed by atoms with Gasteiger partial charge in [0.15, 0.2) is 19.1 Å². The molecule has 3 aromatic heterocycles. The Balaban J connectivity index is 0.0000110. The first-order valence-electron chi connectivity index (χ1n) is 40.6. The van der Waals surface area contributed by atoms with Crippen LogP contribution in [0.5, 0.6) is 11.5 Å². The number of aromatic nitrogens is 4. The molecule has 4 heterocycles. The predicted octanol–water partition coefficient (Wildman–Crippen LogP) is 15.1. The van der Waals surface area contributed by atoms with Crippen LogP contribution < -0.4 is 30.1 Å². The Bertz CT molecular complexity index is 5970. The van der Waals surface area contributed by atoms with Crippen molar-refractivity contribution in [2.45, 2.75) is 52.2 Å². The summed E-state index contributed by atoms with van der Waals surface area (Å²) in [5.41, 5.74) is -8.31. The molecule has 13 aromatic rings. The first-order valence-corrected chi connectivity index (χ1v) is 27.1. The summed E-state index contributed by atoms with van der Waals surface area (Å²) < 4.78 is 308. The normalized spacial score (nSPS) is 18.1. The molecular formula is C74H59N4OPtSi-. The summed E-state index contributed by atoms with van der Waals surface area (Å²) in [7, 11) is -6.72. The molecule has 7 heteroatoms. The summed E-state index contributed by atoms with van der Waals surface area (Å²) in [6.45, 7) is -6.26. The van der Waals surface area contributed by atoms with E-state index in [4.69, 9.17) is 13.8 Å². The summed E-state index contributed by atoms with van der Waals surface area (Å²) in [4.78, 5) is 4.78. The van der Waals surface area contributed by atoms with Crippen LogP contribution in [0.1, 0.15) is 94.9 Å². The number of nitrogens with zero attached hydrogens (tertiary/aromatic N) is 4. The first-order chi connectivity index (χ1) is 51.8. The van der Waals surface area contributed by atoms with Gasteiger partial charge in [-0.1, -0.05) is 228 Å². The van der Waals surface area contributed by atoms with Crippen LogP contribution >= 0.6 is 0 Å². The van der Waals surface area contributed by atoms with Gasteiger partial charge < -0.3 is 9.30 Å². The van der Waals surface area contributed by atoms with Gasteiger partial charge in [-0.2, -0.15) is 16.7 Å². The Labute approximate surface area is 533 Å². The Hall–Kier alpha value is -8.67. The Morgan fingerprint density at radius 2 is 1.16 bits per heavy atom. The Kier molecular flexibility index (Phi) is 6.88. The molecule has 14 rings (SSSR count). The van der Waals surface area contributed by atoms with Gasteiger partial charge in [-0.05, 0) is 95.1 Å². The van der Waals surface area contributed by atoms with Gasteiger partial charge in [0.25, 0.3) is 6.33 Å². The molecule has 0 saturated heterocycles. The van der Waals surface area contributed by atoms with Crippen LogP contribution in [0.25, 0.3) is 83.4 Å². The molecule has 0 bridgehead atoms. The SMILES string of the molecule is [2H]c1c([2H])c([2H])c([Si](c2c([2H])c([2H])c([2H])c([2H])c2[2H])(c2c([2H])c([2H])c([2H])c([2H])c2[2H])c2c([2H])c([2H])c3c(c2[2H])-c2cccc(C(C([2H])([2H])[2H])(C([2H])([2H])[2H])C([2H])([2H])[2H])c2-[n+]2cn(-c4[c-]c(Oc5[c-]c6c(cc5)c5ccccc5n6-c5cc(C(C)(C)C)ccn5)ccc4)c4cccc(c42)-c2c([2H])c([2H])c([2H])c([2H])c2-3)c([2H])c1[2H].[Pt]. The fourth-order valence-corrected chi connectivity index (χ4v) is 14.3. The number of fused-ring (bicyclic) bond motifs is 10. The fourth-order valence-electron chi connectivity index (χ4n) is 10.8. The molecule has 0 spiro atoms. The van der Waals surface area contributed by atoms with Crippen molar-refractivity contribution in [1.29, 1.82) is 0 Å². The molecule has 0 aliphatic carbocycles. The number of benzene rings is 10. The van der Waals surface area contributed by atoms with Crippen LogP contribution in [-0.2, 0) is 31.9 Å². The summed E-state index contributed by atoms with van der Waals surface area (Å²) in [6.07, 6.45) is 2.94. The molecule has 0 saturated carbocycles. The maximum Gasteiger partial charge on any atom is 0.253 e. The van der Waals surface area contributed by atoms with Gasteiger partial charge in [-0.3, -0.25) is 0 Å². The van der Waals surface area contributed by atoms with Crippen molar-refractivity contribution in [3.8, 4) is 62.1 Å². The van der Waals surface area contributed by atoms with Crippen molar-refractivity contribution in [3.63, 3.8) is 0 Å². The van der Waals surface area contributed by atoms with Gasteiger partial charge >= 0.3 is 0 Å². The number of rotatable bonds is 8. The molecule has 10 aromatic carbocycles. The molecule has 396 valence electrons. The van der Waals surface area contributed by atoms with Crippen molar-refractivity contribution < 1.29 is 72.9 Å². The van der Waals surface area contributed by atoms with Crippen molar-refractivity contribution in [2.75, 3.05) is 0 Å². The second-order valence-electron chi connectivity index (χ2n) is 20.1. The topological polar surface area (TPSA) is 35.9 Å². The molecule has 0 N–H and O–H groups in total. The van der Waals surface area contributed by atoms with Gasteiger partial charge in [-0.25, -0.2) is 9.55 Å². The molecule has 1 aliphatic heterocycles. The van der Waals surface area contributed by atoms with Crippen LogP contribution in [0, 0.1) is 12.1 Å². The van der Waals surface area contributed by atoms with E-state index < -0.39 is 227 Å². The second kappa shape index (κ2) is 20.1. The van der Waals surface area contributed by atoms with E-state index in [-0.39, 0.29) is 60.3 Å². The summed E-state index contributed by atoms with van der Waals surface area (Å²) in [5.74, 6) is 0.790. The molecule has 0 fully saturated rings. The van der Waals surface area contributed by atoms with E-state index in [1.165, 1.54) is 35.2 Å². The third kappa shape index (κ3) is 8.63. The van der Waals surface area contributed by atoms with Gasteiger partial charge in [0.1, 0.15) is 11.5 Å². The van der Waals surface area contributed by atoms with Crippen LogP contribution in [0.15, 0.2) is 249 Å². The minimum Gasteiger partial charge on any atom is -0.509 e. The van der Waals surface area contributed by atoms with E-state index >= 15 is 0 Å². The maximum absolute atomic E-state index is 11.3. The number of para-hydroxylation sites is 3. The second-order valence-corrected chi connectivity index (χ2v) is 23.6. The van der Waals surface area contributed by atoms with Crippen molar-refractivity contribution >= 4 is 61.7 Å². The smallest absolute Gasteiger partial charge is 0.253 e. The number of pyridine rings is 1. The third-order valence-corrected chi connectivity index (χ3v) is 18.3. The largest absolute Gasteiger partial charge is 0.509 e. The standard InChI is InChI=1S/C74H59N4OSi.Pt/c1-73(2,3)50-43-44-75-70(45-50)78-67-37-19-18-33-61(67)62-41-39-53(47-69(62)78)79-52-24-20-23-51(46-52)76-49-77-71-64(34-21-36-66(71)74(4,5)6)65-48-57(40-42-60(65)58-31-16-17-32-59(58)63-35-22-38-68(76)72(63)77)80(54-25-10-7-11-26-54,55-27-12-8-13-28-55)56-29-14-9-15-30-56;/h7-45,48-49H,1-6H3;/q-1;/i4D3,5D3,6D3,7D,8D,9D,10D,11D,12D,13D,14D,15D,16D,17D,25D,26D,27D,28D,29D,30D,31D,32D,40D,42D,48D;. The average molecular weight is 1270 g/mol. The Morgan fingerprint density at radius 1 is 0.543 bits per heavy atom. The van der Waals surface area contributed by atoms with Gasteiger partial charge in [0, 0.05) is 79.0 Å². The van der Waals surface area contributed by atoms with Crippen LogP contribution in [0.4, 0.5) is 0 Å². The molecule has 0 amide bonds. The maximum atomic E-state index is 11.3. The number of imidazole rings is 1. The van der Waals surface area contributed by atoms with Gasteiger partial charge in [-0.15, -0.1) is 29.7 Å².